The van der Waals surface area contributed by atoms with Crippen LogP contribution >= 0.6 is 0 Å². The van der Waals surface area contributed by atoms with Gasteiger partial charge in [0.05, 0.1) is 7.11 Å². The average Bonchev–Trinajstić information content (AvgIpc) is 2.60. The first-order valence-corrected chi connectivity index (χ1v) is 8.30. The van der Waals surface area contributed by atoms with Gasteiger partial charge in [-0.15, -0.1) is 0 Å². The number of nitrogens with zero attached hydrogens (tertiary/aromatic N) is 4. The van der Waals surface area contributed by atoms with Crippen LogP contribution in [0.3, 0.4) is 0 Å². The van der Waals surface area contributed by atoms with E-state index in [0.717, 1.165) is 55.9 Å². The molecule has 1 aromatic heterocycles. The van der Waals surface area contributed by atoms with Gasteiger partial charge in [-0.2, -0.15) is 0 Å². The van der Waals surface area contributed by atoms with Crippen LogP contribution in [0.25, 0.3) is 0 Å². The molecule has 0 spiro atoms. The summed E-state index contributed by atoms with van der Waals surface area (Å²) >= 11 is 0. The van der Waals surface area contributed by atoms with Crippen molar-refractivity contribution in [3.8, 4) is 5.75 Å². The molecule has 1 aliphatic heterocycles. The molecule has 2 aromatic rings. The second kappa shape index (κ2) is 7.49. The molecule has 0 atom stereocenters. The van der Waals surface area contributed by atoms with Crippen molar-refractivity contribution in [1.29, 1.82) is 0 Å². The van der Waals surface area contributed by atoms with Gasteiger partial charge in [0.15, 0.2) is 0 Å². The zero-order valence-electron chi connectivity index (χ0n) is 14.6. The lowest BCUT2D eigenvalue weighted by atomic mass is 10.2. The van der Waals surface area contributed by atoms with Crippen molar-refractivity contribution in [1.82, 2.24) is 14.9 Å². The number of hydrogen-bond donors (Lipinski definition) is 1. The molecule has 0 unspecified atom stereocenters. The summed E-state index contributed by atoms with van der Waals surface area (Å²) in [7, 11) is 3.83. The fourth-order valence-corrected chi connectivity index (χ4v) is 2.78. The van der Waals surface area contributed by atoms with Crippen LogP contribution in [-0.2, 0) is 6.54 Å². The van der Waals surface area contributed by atoms with Gasteiger partial charge in [0, 0.05) is 38.8 Å². The summed E-state index contributed by atoms with van der Waals surface area (Å²) in [6.07, 6.45) is 0. The largest absolute Gasteiger partial charge is 0.497 e. The van der Waals surface area contributed by atoms with Crippen LogP contribution < -0.4 is 15.0 Å². The lowest BCUT2D eigenvalue weighted by molar-refractivity contribution is 0.312. The number of nitrogens with one attached hydrogen (secondary N) is 1. The Morgan fingerprint density at radius 1 is 1.08 bits per heavy atom. The fraction of sp³-hybridized carbons (Fsp3) is 0.444. The maximum absolute atomic E-state index is 5.19. The number of hydrogen-bond acceptors (Lipinski definition) is 6. The molecule has 1 N–H and O–H groups in total. The Kier molecular flexibility index (Phi) is 5.15. The smallest absolute Gasteiger partial charge is 0.134 e. The van der Waals surface area contributed by atoms with E-state index in [2.05, 4.69) is 44.3 Å². The van der Waals surface area contributed by atoms with Crippen LogP contribution in [0.1, 0.15) is 11.4 Å². The van der Waals surface area contributed by atoms with Gasteiger partial charge in [-0.3, -0.25) is 0 Å². The predicted octanol–water partition coefficient (Wildman–Crippen LogP) is 2.16. The number of aryl methyl sites for hydroxylation is 1. The summed E-state index contributed by atoms with van der Waals surface area (Å²) in [6, 6.07) is 10.1. The number of rotatable bonds is 5. The summed E-state index contributed by atoms with van der Waals surface area (Å²) < 4.78 is 5.19. The van der Waals surface area contributed by atoms with Crippen molar-refractivity contribution in [2.24, 2.45) is 0 Å². The third-order valence-electron chi connectivity index (χ3n) is 4.28. The van der Waals surface area contributed by atoms with Gasteiger partial charge >= 0.3 is 0 Å². The summed E-state index contributed by atoms with van der Waals surface area (Å²) in [4.78, 5) is 13.8. The first-order valence-electron chi connectivity index (χ1n) is 8.30. The van der Waals surface area contributed by atoms with E-state index in [1.807, 2.05) is 25.1 Å². The van der Waals surface area contributed by atoms with E-state index in [4.69, 9.17) is 4.74 Å². The second-order valence-electron chi connectivity index (χ2n) is 6.15. The molecule has 1 aliphatic rings. The highest BCUT2D eigenvalue weighted by molar-refractivity contribution is 5.50. The predicted molar refractivity (Wildman–Crippen MR) is 96.8 cm³/mol. The molecule has 6 nitrogen and oxygen atoms in total. The Balaban J connectivity index is 1.66. The Labute approximate surface area is 143 Å². The summed E-state index contributed by atoms with van der Waals surface area (Å²) in [5.74, 6) is 3.54. The van der Waals surface area contributed by atoms with Crippen LogP contribution in [0.4, 0.5) is 11.6 Å². The molecule has 1 aromatic carbocycles. The van der Waals surface area contributed by atoms with Gasteiger partial charge in [-0.1, -0.05) is 12.1 Å². The number of piperazine rings is 1. The molecule has 2 heterocycles. The van der Waals surface area contributed by atoms with E-state index in [-0.39, 0.29) is 0 Å². The quantitative estimate of drug-likeness (QED) is 0.908. The second-order valence-corrected chi connectivity index (χ2v) is 6.15. The fourth-order valence-electron chi connectivity index (χ4n) is 2.78. The van der Waals surface area contributed by atoms with Crippen molar-refractivity contribution in [2.75, 3.05) is 50.6 Å². The highest BCUT2D eigenvalue weighted by Gasteiger charge is 2.16. The monoisotopic (exact) mass is 327 g/mol. The van der Waals surface area contributed by atoms with Gasteiger partial charge in [0.2, 0.25) is 0 Å². The molecular formula is C18H25N5O. The van der Waals surface area contributed by atoms with Gasteiger partial charge in [-0.05, 0) is 31.7 Å². The standard InChI is InChI=1S/C18H25N5O/c1-14-20-17(19-13-15-4-6-16(24-3)7-5-15)12-18(21-14)23-10-8-22(2)9-11-23/h4-7,12H,8-11,13H2,1-3H3,(H,19,20,21). The van der Waals surface area contributed by atoms with E-state index in [1.54, 1.807) is 7.11 Å². The molecule has 1 saturated heterocycles. The highest BCUT2D eigenvalue weighted by Crippen LogP contribution is 2.18. The number of benzene rings is 1. The summed E-state index contributed by atoms with van der Waals surface area (Å²) in [5, 5.41) is 3.40. The Hall–Kier alpha value is -2.34. The SMILES string of the molecule is COc1ccc(CNc2cc(N3CCN(C)CC3)nc(C)n2)cc1. The molecule has 128 valence electrons. The van der Waals surface area contributed by atoms with Gasteiger partial charge in [0.1, 0.15) is 23.2 Å². The van der Waals surface area contributed by atoms with Gasteiger partial charge < -0.3 is 19.9 Å². The first kappa shape index (κ1) is 16.5. The van der Waals surface area contributed by atoms with Crippen molar-refractivity contribution in [2.45, 2.75) is 13.5 Å². The van der Waals surface area contributed by atoms with E-state index in [9.17, 15) is 0 Å². The molecule has 24 heavy (non-hydrogen) atoms. The Morgan fingerprint density at radius 3 is 2.46 bits per heavy atom. The molecule has 1 fully saturated rings. The highest BCUT2D eigenvalue weighted by atomic mass is 16.5. The number of aromatic nitrogens is 2. The van der Waals surface area contributed by atoms with Crippen LogP contribution in [0.15, 0.2) is 30.3 Å². The van der Waals surface area contributed by atoms with Gasteiger partial charge in [0.25, 0.3) is 0 Å². The zero-order valence-corrected chi connectivity index (χ0v) is 14.6. The first-order chi connectivity index (χ1) is 11.6. The minimum atomic E-state index is 0.725. The maximum atomic E-state index is 5.19. The minimum Gasteiger partial charge on any atom is -0.497 e. The van der Waals surface area contributed by atoms with Gasteiger partial charge in [-0.25, -0.2) is 9.97 Å². The topological polar surface area (TPSA) is 53.5 Å². The molecule has 0 aliphatic carbocycles. The lowest BCUT2D eigenvalue weighted by Gasteiger charge is -2.33. The molecule has 0 bridgehead atoms. The van der Waals surface area contributed by atoms with Crippen LogP contribution in [0, 0.1) is 6.92 Å². The van der Waals surface area contributed by atoms with Crippen molar-refractivity contribution >= 4 is 11.6 Å². The maximum Gasteiger partial charge on any atom is 0.134 e. The Bertz CT molecular complexity index is 666. The van der Waals surface area contributed by atoms with E-state index in [0.29, 0.717) is 0 Å². The third-order valence-corrected chi connectivity index (χ3v) is 4.28. The molecule has 0 saturated carbocycles. The molecule has 0 radical (unpaired) electrons. The van der Waals surface area contributed by atoms with Crippen LogP contribution in [-0.4, -0.2) is 55.2 Å². The van der Waals surface area contributed by atoms with Crippen LogP contribution in [0.5, 0.6) is 5.75 Å². The summed E-state index contributed by atoms with van der Waals surface area (Å²) in [6.45, 7) is 6.81. The Morgan fingerprint density at radius 2 is 1.79 bits per heavy atom. The molecule has 3 rings (SSSR count). The molecule has 6 heteroatoms. The van der Waals surface area contributed by atoms with Crippen molar-refractivity contribution in [3.63, 3.8) is 0 Å². The number of ether oxygens (including phenoxy) is 1. The van der Waals surface area contributed by atoms with E-state index in [1.165, 1.54) is 5.56 Å². The molecule has 0 amide bonds. The van der Waals surface area contributed by atoms with E-state index >= 15 is 0 Å². The number of anilines is 2. The minimum absolute atomic E-state index is 0.725. The number of methoxy groups -OCH3 is 1. The number of likely N-dealkylation sites (N-methyl/N-ethyl adjacent to an activating group) is 1. The zero-order chi connectivity index (χ0) is 16.9. The van der Waals surface area contributed by atoms with Crippen LogP contribution in [0.2, 0.25) is 0 Å². The summed E-state index contributed by atoms with van der Waals surface area (Å²) in [5.41, 5.74) is 1.19. The normalized spacial score (nSPS) is 15.4. The lowest BCUT2D eigenvalue weighted by Crippen LogP contribution is -2.44. The van der Waals surface area contributed by atoms with Crippen molar-refractivity contribution < 1.29 is 4.74 Å². The average molecular weight is 327 g/mol. The molecular weight excluding hydrogens is 302 g/mol. The van der Waals surface area contributed by atoms with E-state index < -0.39 is 0 Å². The third kappa shape index (κ3) is 4.14. The van der Waals surface area contributed by atoms with Crippen molar-refractivity contribution in [3.05, 3.63) is 41.7 Å².